The fourth-order valence-corrected chi connectivity index (χ4v) is 1.24. The Morgan fingerprint density at radius 2 is 2.14 bits per heavy atom. The number of nitrogens with two attached hydrogens (primary N) is 1. The van der Waals surface area contributed by atoms with E-state index in [2.05, 4.69) is 6.58 Å². The minimum Gasteiger partial charge on any atom is -0.505 e. The zero-order valence-corrected chi connectivity index (χ0v) is 7.72. The number of phenolic OH excluding ortho intramolecular Hbond substituents is 1. The van der Waals surface area contributed by atoms with Gasteiger partial charge in [-0.25, -0.2) is 8.78 Å². The highest BCUT2D eigenvalue weighted by Crippen LogP contribution is 2.29. The van der Waals surface area contributed by atoms with Crippen molar-refractivity contribution in [3.8, 4) is 5.75 Å². The molecule has 4 heteroatoms. The standard InChI is InChI=1S/C10H11F2NO/c1-3-7(13)9-5(2)6(11)4-8(14)10(9)12/h3-4,7,14H,1,13H2,2H3/t7-/m0/s1. The molecule has 76 valence electrons. The Balaban J connectivity index is 3.46. The third-order valence-corrected chi connectivity index (χ3v) is 2.07. The van der Waals surface area contributed by atoms with E-state index in [-0.39, 0.29) is 11.1 Å². The topological polar surface area (TPSA) is 46.2 Å². The molecule has 0 aliphatic heterocycles. The second kappa shape index (κ2) is 3.75. The summed E-state index contributed by atoms with van der Waals surface area (Å²) in [5.41, 5.74) is 5.53. The van der Waals surface area contributed by atoms with Crippen molar-refractivity contribution in [2.24, 2.45) is 5.73 Å². The Kier molecular flexibility index (Phi) is 2.86. The number of hydrogen-bond acceptors (Lipinski definition) is 2. The van der Waals surface area contributed by atoms with Crippen molar-refractivity contribution >= 4 is 0 Å². The molecule has 0 unspecified atom stereocenters. The Bertz CT molecular complexity index is 351. The van der Waals surface area contributed by atoms with Gasteiger partial charge in [0.05, 0.1) is 6.04 Å². The summed E-state index contributed by atoms with van der Waals surface area (Å²) in [4.78, 5) is 0. The smallest absolute Gasteiger partial charge is 0.170 e. The van der Waals surface area contributed by atoms with Gasteiger partial charge in [-0.1, -0.05) is 6.08 Å². The largest absolute Gasteiger partial charge is 0.505 e. The summed E-state index contributed by atoms with van der Waals surface area (Å²) in [6, 6.07) is -0.0964. The first-order valence-electron chi connectivity index (χ1n) is 4.04. The van der Waals surface area contributed by atoms with Crippen LogP contribution in [0.25, 0.3) is 0 Å². The van der Waals surface area contributed by atoms with Gasteiger partial charge in [-0.05, 0) is 12.5 Å². The van der Waals surface area contributed by atoms with E-state index >= 15 is 0 Å². The number of rotatable bonds is 2. The van der Waals surface area contributed by atoms with E-state index < -0.39 is 23.4 Å². The van der Waals surface area contributed by atoms with E-state index in [0.717, 1.165) is 6.07 Å². The van der Waals surface area contributed by atoms with Crippen LogP contribution in [-0.4, -0.2) is 5.11 Å². The summed E-state index contributed by atoms with van der Waals surface area (Å²) < 4.78 is 26.4. The number of aromatic hydroxyl groups is 1. The molecule has 14 heavy (non-hydrogen) atoms. The SMILES string of the molecule is C=C[C@H](N)c1c(C)c(F)cc(O)c1F. The summed E-state index contributed by atoms with van der Waals surface area (Å²) >= 11 is 0. The van der Waals surface area contributed by atoms with Crippen molar-refractivity contribution in [2.45, 2.75) is 13.0 Å². The fraction of sp³-hybridized carbons (Fsp3) is 0.200. The van der Waals surface area contributed by atoms with Crippen LogP contribution in [0.4, 0.5) is 8.78 Å². The van der Waals surface area contributed by atoms with E-state index in [1.807, 2.05) is 0 Å². The van der Waals surface area contributed by atoms with Crippen LogP contribution in [0, 0.1) is 18.6 Å². The molecule has 1 rings (SSSR count). The van der Waals surface area contributed by atoms with Gasteiger partial charge in [0.2, 0.25) is 0 Å². The molecule has 0 saturated carbocycles. The molecule has 1 atom stereocenters. The summed E-state index contributed by atoms with van der Waals surface area (Å²) in [5, 5.41) is 9.04. The second-order valence-corrected chi connectivity index (χ2v) is 2.99. The van der Waals surface area contributed by atoms with Gasteiger partial charge in [0, 0.05) is 11.6 Å². The van der Waals surface area contributed by atoms with Gasteiger partial charge in [0.25, 0.3) is 0 Å². The molecule has 3 N–H and O–H groups in total. The molecule has 2 nitrogen and oxygen atoms in total. The molecule has 0 aliphatic rings. The third kappa shape index (κ3) is 1.61. The maximum atomic E-state index is 13.3. The highest BCUT2D eigenvalue weighted by atomic mass is 19.1. The van der Waals surface area contributed by atoms with Crippen LogP contribution in [0.5, 0.6) is 5.75 Å². The average Bonchev–Trinajstić information content (AvgIpc) is 2.15. The highest BCUT2D eigenvalue weighted by Gasteiger charge is 2.18. The minimum atomic E-state index is -0.892. The van der Waals surface area contributed by atoms with Gasteiger partial charge >= 0.3 is 0 Å². The van der Waals surface area contributed by atoms with Gasteiger partial charge in [-0.2, -0.15) is 0 Å². The summed E-state index contributed by atoms with van der Waals surface area (Å²) in [6.45, 7) is 4.78. The average molecular weight is 199 g/mol. The van der Waals surface area contributed by atoms with Gasteiger partial charge in [-0.15, -0.1) is 6.58 Å². The first-order valence-corrected chi connectivity index (χ1v) is 4.04. The monoisotopic (exact) mass is 199 g/mol. The van der Waals surface area contributed by atoms with Crippen LogP contribution in [0.3, 0.4) is 0 Å². The van der Waals surface area contributed by atoms with E-state index in [0.29, 0.717) is 0 Å². The minimum absolute atomic E-state index is 0.0579. The van der Waals surface area contributed by atoms with Crippen molar-refractivity contribution in [1.29, 1.82) is 0 Å². The maximum Gasteiger partial charge on any atom is 0.170 e. The first-order chi connectivity index (χ1) is 6.49. The quantitative estimate of drug-likeness (QED) is 0.717. The van der Waals surface area contributed by atoms with Gasteiger partial charge < -0.3 is 10.8 Å². The molecule has 1 aromatic rings. The molecule has 0 aromatic heterocycles. The second-order valence-electron chi connectivity index (χ2n) is 2.99. The molecule has 0 heterocycles. The van der Waals surface area contributed by atoms with Crippen LogP contribution >= 0.6 is 0 Å². The van der Waals surface area contributed by atoms with Crippen molar-refractivity contribution in [2.75, 3.05) is 0 Å². The van der Waals surface area contributed by atoms with Crippen LogP contribution in [0.15, 0.2) is 18.7 Å². The Morgan fingerprint density at radius 1 is 1.57 bits per heavy atom. The van der Waals surface area contributed by atoms with Crippen LogP contribution in [-0.2, 0) is 0 Å². The van der Waals surface area contributed by atoms with Crippen molar-refractivity contribution in [3.63, 3.8) is 0 Å². The van der Waals surface area contributed by atoms with Crippen molar-refractivity contribution in [3.05, 3.63) is 41.5 Å². The Morgan fingerprint density at radius 3 is 2.64 bits per heavy atom. The molecular formula is C10H11F2NO. The van der Waals surface area contributed by atoms with E-state index in [1.54, 1.807) is 0 Å². The zero-order valence-electron chi connectivity index (χ0n) is 7.72. The van der Waals surface area contributed by atoms with Crippen molar-refractivity contribution < 1.29 is 13.9 Å². The van der Waals surface area contributed by atoms with Crippen LogP contribution in [0.1, 0.15) is 17.2 Å². The summed E-state index contributed by atoms with van der Waals surface area (Å²) in [6.07, 6.45) is 1.28. The number of phenols is 1. The normalized spacial score (nSPS) is 12.6. The molecule has 0 aliphatic carbocycles. The number of benzene rings is 1. The summed E-state index contributed by atoms with van der Waals surface area (Å²) in [7, 11) is 0. The Hall–Kier alpha value is -1.42. The zero-order chi connectivity index (χ0) is 10.9. The fourth-order valence-electron chi connectivity index (χ4n) is 1.24. The van der Waals surface area contributed by atoms with E-state index in [1.165, 1.54) is 13.0 Å². The lowest BCUT2D eigenvalue weighted by Crippen LogP contribution is -2.12. The molecule has 0 bridgehead atoms. The van der Waals surface area contributed by atoms with Gasteiger partial charge in [0.15, 0.2) is 11.6 Å². The maximum absolute atomic E-state index is 13.3. The molecule has 1 aromatic carbocycles. The molecular weight excluding hydrogens is 188 g/mol. The molecule has 0 radical (unpaired) electrons. The predicted molar refractivity (Wildman–Crippen MR) is 49.9 cm³/mol. The van der Waals surface area contributed by atoms with E-state index in [9.17, 15) is 8.78 Å². The first kappa shape index (κ1) is 10.7. The van der Waals surface area contributed by atoms with Gasteiger partial charge in [-0.3, -0.25) is 0 Å². The molecule has 0 spiro atoms. The van der Waals surface area contributed by atoms with Gasteiger partial charge in [0.1, 0.15) is 5.82 Å². The lowest BCUT2D eigenvalue weighted by atomic mass is 10.00. The number of halogens is 2. The lowest BCUT2D eigenvalue weighted by molar-refractivity contribution is 0.419. The van der Waals surface area contributed by atoms with Crippen LogP contribution in [0.2, 0.25) is 0 Å². The molecule has 0 fully saturated rings. The Labute approximate surface area is 80.7 Å². The lowest BCUT2D eigenvalue weighted by Gasteiger charge is -2.13. The molecule has 0 saturated heterocycles. The van der Waals surface area contributed by atoms with Crippen LogP contribution < -0.4 is 5.73 Å². The molecule has 0 amide bonds. The predicted octanol–water partition coefficient (Wildman–Crippen LogP) is 2.16. The summed E-state index contributed by atoms with van der Waals surface area (Å²) in [5.74, 6) is -2.31. The van der Waals surface area contributed by atoms with E-state index in [4.69, 9.17) is 10.8 Å². The van der Waals surface area contributed by atoms with Crippen molar-refractivity contribution in [1.82, 2.24) is 0 Å². The number of hydrogen-bond donors (Lipinski definition) is 2. The third-order valence-electron chi connectivity index (χ3n) is 2.07. The highest BCUT2D eigenvalue weighted by molar-refractivity contribution is 5.40.